The third-order valence-electron chi connectivity index (χ3n) is 3.23. The summed E-state index contributed by atoms with van der Waals surface area (Å²) in [5, 5.41) is 3.45. The summed E-state index contributed by atoms with van der Waals surface area (Å²) in [5.74, 6) is 0.274. The molecule has 0 aliphatic carbocycles. The van der Waals surface area contributed by atoms with Gasteiger partial charge in [-0.2, -0.15) is 0 Å². The molecule has 1 aromatic rings. The first-order valence-electron chi connectivity index (χ1n) is 6.46. The minimum atomic E-state index is 0.145. The predicted octanol–water partition coefficient (Wildman–Crippen LogP) is 1.14. The zero-order valence-corrected chi connectivity index (χ0v) is 11.0. The van der Waals surface area contributed by atoms with Crippen molar-refractivity contribution in [3.8, 4) is 0 Å². The van der Waals surface area contributed by atoms with Crippen LogP contribution in [-0.2, 0) is 4.79 Å². The molecule has 0 spiro atoms. The van der Waals surface area contributed by atoms with Gasteiger partial charge in [0.05, 0.1) is 5.69 Å². The maximum Gasteiger partial charge on any atom is 0.222 e. The number of nitrogens with zero attached hydrogens (tertiary/aromatic N) is 3. The molecule has 98 valence electrons. The molecule has 0 bridgehead atoms. The van der Waals surface area contributed by atoms with E-state index in [1.807, 2.05) is 4.90 Å². The smallest absolute Gasteiger partial charge is 0.222 e. The molecule has 1 fully saturated rings. The second kappa shape index (κ2) is 5.91. The molecule has 1 aliphatic heterocycles. The van der Waals surface area contributed by atoms with E-state index < -0.39 is 0 Å². The summed E-state index contributed by atoms with van der Waals surface area (Å²) in [6.45, 7) is 5.82. The van der Waals surface area contributed by atoms with E-state index >= 15 is 0 Å². The van der Waals surface area contributed by atoms with Crippen LogP contribution in [0.3, 0.4) is 0 Å². The minimum Gasteiger partial charge on any atom is -0.341 e. The van der Waals surface area contributed by atoms with E-state index in [1.54, 1.807) is 18.6 Å². The van der Waals surface area contributed by atoms with Gasteiger partial charge in [0.2, 0.25) is 5.91 Å². The Morgan fingerprint density at radius 2 is 2.28 bits per heavy atom. The van der Waals surface area contributed by atoms with Gasteiger partial charge in [-0.3, -0.25) is 14.8 Å². The normalized spacial score (nSPS) is 19.0. The number of aromatic nitrogens is 2. The van der Waals surface area contributed by atoms with Crippen molar-refractivity contribution in [2.75, 3.05) is 13.1 Å². The lowest BCUT2D eigenvalue weighted by Gasteiger charge is -2.24. The van der Waals surface area contributed by atoms with Gasteiger partial charge in [-0.15, -0.1) is 0 Å². The first-order valence-corrected chi connectivity index (χ1v) is 6.46. The molecule has 2 atom stereocenters. The molecule has 2 rings (SSSR count). The van der Waals surface area contributed by atoms with Crippen molar-refractivity contribution in [1.82, 2.24) is 20.2 Å². The van der Waals surface area contributed by atoms with E-state index in [2.05, 4.69) is 29.1 Å². The first kappa shape index (κ1) is 13.0. The van der Waals surface area contributed by atoms with Crippen LogP contribution in [-0.4, -0.2) is 39.9 Å². The van der Waals surface area contributed by atoms with E-state index in [0.29, 0.717) is 6.42 Å². The molecular formula is C13H20N4O. The van der Waals surface area contributed by atoms with Crippen LogP contribution in [0.2, 0.25) is 0 Å². The lowest BCUT2D eigenvalue weighted by atomic mass is 10.2. The van der Waals surface area contributed by atoms with Crippen LogP contribution in [0.15, 0.2) is 18.6 Å². The van der Waals surface area contributed by atoms with Gasteiger partial charge < -0.3 is 10.2 Å². The summed E-state index contributed by atoms with van der Waals surface area (Å²) < 4.78 is 0. The molecule has 5 heteroatoms. The Morgan fingerprint density at radius 1 is 1.44 bits per heavy atom. The van der Waals surface area contributed by atoms with Crippen LogP contribution in [0.4, 0.5) is 0 Å². The molecule has 1 saturated heterocycles. The van der Waals surface area contributed by atoms with Crippen LogP contribution in [0.25, 0.3) is 0 Å². The molecular weight excluding hydrogens is 228 g/mol. The van der Waals surface area contributed by atoms with Crippen molar-refractivity contribution >= 4 is 5.91 Å². The van der Waals surface area contributed by atoms with Gasteiger partial charge >= 0.3 is 0 Å². The fourth-order valence-electron chi connectivity index (χ4n) is 2.33. The predicted molar refractivity (Wildman–Crippen MR) is 68.9 cm³/mol. The number of nitrogens with one attached hydrogen (secondary N) is 1. The summed E-state index contributed by atoms with van der Waals surface area (Å²) in [6, 6.07) is 0.399. The van der Waals surface area contributed by atoms with Crippen LogP contribution in [0, 0.1) is 0 Å². The maximum absolute atomic E-state index is 11.5. The lowest BCUT2D eigenvalue weighted by molar-refractivity contribution is -0.127. The Kier molecular flexibility index (Phi) is 4.25. The van der Waals surface area contributed by atoms with Crippen LogP contribution >= 0.6 is 0 Å². The Morgan fingerprint density at radius 3 is 2.89 bits per heavy atom. The van der Waals surface area contributed by atoms with Gasteiger partial charge in [-0.1, -0.05) is 0 Å². The number of hydrogen-bond acceptors (Lipinski definition) is 4. The fraction of sp³-hybridized carbons (Fsp3) is 0.615. The van der Waals surface area contributed by atoms with Gasteiger partial charge in [0.1, 0.15) is 0 Å². The lowest BCUT2D eigenvalue weighted by Crippen LogP contribution is -2.40. The van der Waals surface area contributed by atoms with Crippen LogP contribution < -0.4 is 5.32 Å². The topological polar surface area (TPSA) is 58.1 Å². The van der Waals surface area contributed by atoms with Crippen LogP contribution in [0.5, 0.6) is 0 Å². The number of rotatable bonds is 5. The van der Waals surface area contributed by atoms with Crippen LogP contribution in [0.1, 0.15) is 38.4 Å². The van der Waals surface area contributed by atoms with E-state index in [1.165, 1.54) is 0 Å². The molecule has 0 aromatic carbocycles. The minimum absolute atomic E-state index is 0.145. The number of likely N-dealkylation sites (tertiary alicyclic amines) is 1. The maximum atomic E-state index is 11.5. The monoisotopic (exact) mass is 248 g/mol. The van der Waals surface area contributed by atoms with E-state index in [-0.39, 0.29) is 18.0 Å². The summed E-state index contributed by atoms with van der Waals surface area (Å²) in [4.78, 5) is 21.8. The number of hydrogen-bond donors (Lipinski definition) is 1. The summed E-state index contributed by atoms with van der Waals surface area (Å²) in [6.07, 6.45) is 6.83. The molecule has 2 unspecified atom stereocenters. The Labute approximate surface area is 108 Å². The second-order valence-electron chi connectivity index (χ2n) is 4.86. The Balaban J connectivity index is 1.84. The third-order valence-corrected chi connectivity index (χ3v) is 3.23. The average molecular weight is 248 g/mol. The molecule has 5 nitrogen and oxygen atoms in total. The zero-order valence-electron chi connectivity index (χ0n) is 11.0. The van der Waals surface area contributed by atoms with Gasteiger partial charge in [0.15, 0.2) is 0 Å². The van der Waals surface area contributed by atoms with Crippen molar-refractivity contribution in [1.29, 1.82) is 0 Å². The number of carbonyl (C=O) groups excluding carboxylic acids is 1. The molecule has 0 radical (unpaired) electrons. The zero-order chi connectivity index (χ0) is 13.0. The van der Waals surface area contributed by atoms with Crippen molar-refractivity contribution in [2.45, 2.75) is 38.8 Å². The molecule has 1 N–H and O–H groups in total. The highest BCUT2D eigenvalue weighted by Gasteiger charge is 2.22. The molecule has 1 aromatic heterocycles. The quantitative estimate of drug-likeness (QED) is 0.849. The fourth-order valence-corrected chi connectivity index (χ4v) is 2.33. The molecule has 0 saturated carbocycles. The van der Waals surface area contributed by atoms with Crippen molar-refractivity contribution in [2.24, 2.45) is 0 Å². The summed E-state index contributed by atoms with van der Waals surface area (Å²) in [7, 11) is 0. The first-order chi connectivity index (χ1) is 8.66. The highest BCUT2D eigenvalue weighted by atomic mass is 16.2. The molecule has 18 heavy (non-hydrogen) atoms. The van der Waals surface area contributed by atoms with E-state index in [0.717, 1.165) is 25.2 Å². The Hall–Kier alpha value is -1.49. The average Bonchev–Trinajstić information content (AvgIpc) is 2.76. The summed E-state index contributed by atoms with van der Waals surface area (Å²) >= 11 is 0. The largest absolute Gasteiger partial charge is 0.341 e. The van der Waals surface area contributed by atoms with Crippen molar-refractivity contribution in [3.05, 3.63) is 24.3 Å². The third kappa shape index (κ3) is 3.26. The van der Waals surface area contributed by atoms with Crippen molar-refractivity contribution < 1.29 is 4.79 Å². The van der Waals surface area contributed by atoms with E-state index in [4.69, 9.17) is 0 Å². The Bertz CT molecular complexity index is 395. The SMILES string of the molecule is CC(CN1CCCC1=O)NC(C)c1cnccn1. The van der Waals surface area contributed by atoms with Crippen molar-refractivity contribution in [3.63, 3.8) is 0 Å². The molecule has 1 aliphatic rings. The highest BCUT2D eigenvalue weighted by Crippen LogP contribution is 2.12. The number of carbonyl (C=O) groups is 1. The van der Waals surface area contributed by atoms with E-state index in [9.17, 15) is 4.79 Å². The van der Waals surface area contributed by atoms with Gasteiger partial charge in [-0.25, -0.2) is 0 Å². The molecule has 2 heterocycles. The second-order valence-corrected chi connectivity index (χ2v) is 4.86. The van der Waals surface area contributed by atoms with Gasteiger partial charge in [0.25, 0.3) is 0 Å². The standard InChI is InChI=1S/C13H20N4O/c1-10(9-17-7-3-4-13(17)18)16-11(2)12-8-14-5-6-15-12/h5-6,8,10-11,16H,3-4,7,9H2,1-2H3. The van der Waals surface area contributed by atoms with Gasteiger partial charge in [0, 0.05) is 50.2 Å². The molecule has 1 amide bonds. The summed E-state index contributed by atoms with van der Waals surface area (Å²) in [5.41, 5.74) is 0.928. The number of amides is 1. The van der Waals surface area contributed by atoms with Gasteiger partial charge in [-0.05, 0) is 20.3 Å². The highest BCUT2D eigenvalue weighted by molar-refractivity contribution is 5.78.